The van der Waals surface area contributed by atoms with Crippen LogP contribution < -0.4 is 0 Å². The molecule has 0 aliphatic rings. The van der Waals surface area contributed by atoms with Crippen molar-refractivity contribution in [2.75, 3.05) is 0 Å². The molecule has 0 saturated carbocycles. The van der Waals surface area contributed by atoms with Crippen LogP contribution in [0.25, 0.3) is 0 Å². The highest BCUT2D eigenvalue weighted by Gasteiger charge is 2.24. The van der Waals surface area contributed by atoms with E-state index in [-0.39, 0.29) is 0 Å². The summed E-state index contributed by atoms with van der Waals surface area (Å²) in [6.07, 6.45) is 27.2. The van der Waals surface area contributed by atoms with Gasteiger partial charge in [0.25, 0.3) is 0 Å². The van der Waals surface area contributed by atoms with E-state index in [1.54, 1.807) is 0 Å². The number of para-hydroxylation sites is 1. The zero-order valence-corrected chi connectivity index (χ0v) is 22.1. The number of rotatable bonds is 22. The topological polar surface area (TPSA) is 20.2 Å². The molecule has 0 aliphatic heterocycles. The Labute approximate surface area is 201 Å². The highest BCUT2D eigenvalue weighted by atomic mass is 16.3. The van der Waals surface area contributed by atoms with Gasteiger partial charge < -0.3 is 5.11 Å². The number of benzene rings is 1. The fourth-order valence-corrected chi connectivity index (χ4v) is 5.33. The molecule has 0 heterocycles. The van der Waals surface area contributed by atoms with Gasteiger partial charge in [0, 0.05) is 0 Å². The fourth-order valence-electron chi connectivity index (χ4n) is 5.33. The zero-order valence-electron chi connectivity index (χ0n) is 22.1. The Balaban J connectivity index is 2.65. The minimum absolute atomic E-state index is 0.528. The van der Waals surface area contributed by atoms with E-state index < -0.39 is 0 Å². The van der Waals surface area contributed by atoms with Crippen molar-refractivity contribution in [3.63, 3.8) is 0 Å². The molecule has 32 heavy (non-hydrogen) atoms. The molecular weight excluding hydrogens is 388 g/mol. The van der Waals surface area contributed by atoms with E-state index in [1.807, 2.05) is 12.1 Å². The van der Waals surface area contributed by atoms with E-state index in [4.69, 9.17) is 0 Å². The standard InChI is InChI=1S/C31H56O/c1-4-7-10-13-14-15-16-17-20-25-29(30-26-21-22-27-31(30)32)28(23-18-11-8-5-2)24-19-12-9-6-3/h21-22,26-29,32H,4-20,23-25H2,1-3H3. The van der Waals surface area contributed by atoms with Crippen LogP contribution in [0, 0.1) is 5.92 Å². The lowest BCUT2D eigenvalue weighted by Crippen LogP contribution is -2.14. The molecule has 0 radical (unpaired) electrons. The van der Waals surface area contributed by atoms with Gasteiger partial charge in [0.2, 0.25) is 0 Å². The molecule has 0 spiro atoms. The average Bonchev–Trinajstić information content (AvgIpc) is 2.80. The van der Waals surface area contributed by atoms with Crippen molar-refractivity contribution in [3.05, 3.63) is 29.8 Å². The Hall–Kier alpha value is -0.980. The molecular formula is C31H56O. The summed E-state index contributed by atoms with van der Waals surface area (Å²) < 4.78 is 0. The van der Waals surface area contributed by atoms with Crippen molar-refractivity contribution in [1.82, 2.24) is 0 Å². The second-order valence-corrected chi connectivity index (χ2v) is 10.2. The first-order chi connectivity index (χ1) is 15.7. The number of aromatic hydroxyl groups is 1. The first-order valence-electron chi connectivity index (χ1n) is 14.5. The van der Waals surface area contributed by atoms with Crippen molar-refractivity contribution in [2.24, 2.45) is 5.92 Å². The van der Waals surface area contributed by atoms with Gasteiger partial charge in [0.05, 0.1) is 0 Å². The highest BCUT2D eigenvalue weighted by Crippen LogP contribution is 2.40. The van der Waals surface area contributed by atoms with Crippen molar-refractivity contribution in [2.45, 2.75) is 155 Å². The van der Waals surface area contributed by atoms with Crippen molar-refractivity contribution < 1.29 is 5.11 Å². The third kappa shape index (κ3) is 13.5. The molecule has 1 heteroatoms. The van der Waals surface area contributed by atoms with Crippen LogP contribution >= 0.6 is 0 Å². The third-order valence-electron chi connectivity index (χ3n) is 7.38. The maximum absolute atomic E-state index is 10.7. The van der Waals surface area contributed by atoms with Crippen LogP contribution in [-0.2, 0) is 0 Å². The summed E-state index contributed by atoms with van der Waals surface area (Å²) in [5, 5.41) is 10.7. The van der Waals surface area contributed by atoms with Crippen LogP contribution in [0.1, 0.15) is 161 Å². The van der Waals surface area contributed by atoms with Crippen molar-refractivity contribution in [3.8, 4) is 5.75 Å². The molecule has 1 aromatic carbocycles. The Morgan fingerprint density at radius 2 is 0.938 bits per heavy atom. The molecule has 1 atom stereocenters. The first-order valence-corrected chi connectivity index (χ1v) is 14.5. The van der Waals surface area contributed by atoms with Crippen LogP contribution in [0.15, 0.2) is 24.3 Å². The first kappa shape index (κ1) is 29.1. The van der Waals surface area contributed by atoms with E-state index in [1.165, 1.54) is 134 Å². The van der Waals surface area contributed by atoms with Gasteiger partial charge in [-0.1, -0.05) is 148 Å². The quantitative estimate of drug-likeness (QED) is 0.176. The lowest BCUT2D eigenvalue weighted by atomic mass is 9.76. The van der Waals surface area contributed by atoms with Gasteiger partial charge in [-0.3, -0.25) is 0 Å². The largest absolute Gasteiger partial charge is 0.508 e. The molecule has 0 bridgehead atoms. The highest BCUT2D eigenvalue weighted by molar-refractivity contribution is 5.35. The summed E-state index contributed by atoms with van der Waals surface area (Å²) in [4.78, 5) is 0. The number of hydrogen-bond donors (Lipinski definition) is 1. The van der Waals surface area contributed by atoms with E-state index in [0.29, 0.717) is 11.7 Å². The van der Waals surface area contributed by atoms with E-state index in [2.05, 4.69) is 32.9 Å². The summed E-state index contributed by atoms with van der Waals surface area (Å²) in [5.41, 5.74) is 1.23. The monoisotopic (exact) mass is 444 g/mol. The summed E-state index contributed by atoms with van der Waals surface area (Å²) in [5.74, 6) is 1.79. The number of phenolic OH excluding ortho intramolecular Hbond substituents is 1. The molecule has 186 valence electrons. The van der Waals surface area contributed by atoms with Crippen LogP contribution in [0.5, 0.6) is 5.75 Å². The SMILES string of the molecule is CCCCCCCCCCCC(c1ccccc1O)C(CCCCCC)CCCCCC. The van der Waals surface area contributed by atoms with Crippen molar-refractivity contribution >= 4 is 0 Å². The van der Waals surface area contributed by atoms with E-state index in [0.717, 1.165) is 5.92 Å². The van der Waals surface area contributed by atoms with Crippen LogP contribution in [-0.4, -0.2) is 5.11 Å². The molecule has 1 N–H and O–H groups in total. The number of hydrogen-bond acceptors (Lipinski definition) is 1. The third-order valence-corrected chi connectivity index (χ3v) is 7.38. The Bertz CT molecular complexity index is 511. The molecule has 1 aromatic rings. The molecule has 0 aromatic heterocycles. The summed E-state index contributed by atoms with van der Waals surface area (Å²) >= 11 is 0. The molecule has 0 amide bonds. The van der Waals surface area contributed by atoms with Crippen molar-refractivity contribution in [1.29, 1.82) is 0 Å². The molecule has 1 nitrogen and oxygen atoms in total. The fraction of sp³-hybridized carbons (Fsp3) is 0.806. The lowest BCUT2D eigenvalue weighted by molar-refractivity contribution is 0.315. The Morgan fingerprint density at radius 1 is 0.531 bits per heavy atom. The average molecular weight is 445 g/mol. The van der Waals surface area contributed by atoms with E-state index >= 15 is 0 Å². The lowest BCUT2D eigenvalue weighted by Gasteiger charge is -2.29. The van der Waals surface area contributed by atoms with Crippen LogP contribution in [0.3, 0.4) is 0 Å². The summed E-state index contributed by atoms with van der Waals surface area (Å²) in [6, 6.07) is 8.22. The number of unbranched alkanes of at least 4 members (excludes halogenated alkanes) is 14. The Kier molecular flexibility index (Phi) is 18.7. The molecule has 1 unspecified atom stereocenters. The Morgan fingerprint density at radius 3 is 1.44 bits per heavy atom. The van der Waals surface area contributed by atoms with Gasteiger partial charge >= 0.3 is 0 Å². The molecule has 0 aliphatic carbocycles. The maximum Gasteiger partial charge on any atom is 0.119 e. The van der Waals surface area contributed by atoms with Crippen LogP contribution in [0.4, 0.5) is 0 Å². The second kappa shape index (κ2) is 20.6. The summed E-state index contributed by atoms with van der Waals surface area (Å²) in [7, 11) is 0. The van der Waals surface area contributed by atoms with Gasteiger partial charge in [-0.2, -0.15) is 0 Å². The second-order valence-electron chi connectivity index (χ2n) is 10.2. The molecule has 0 fully saturated rings. The van der Waals surface area contributed by atoms with Gasteiger partial charge in [0.1, 0.15) is 5.75 Å². The number of phenols is 1. The van der Waals surface area contributed by atoms with Crippen LogP contribution in [0.2, 0.25) is 0 Å². The predicted octanol–water partition coefficient (Wildman–Crippen LogP) is 11.0. The normalized spacial score (nSPS) is 12.5. The predicted molar refractivity (Wildman–Crippen MR) is 144 cm³/mol. The minimum atomic E-state index is 0.528. The smallest absolute Gasteiger partial charge is 0.119 e. The van der Waals surface area contributed by atoms with Gasteiger partial charge in [-0.15, -0.1) is 0 Å². The maximum atomic E-state index is 10.7. The summed E-state index contributed by atoms with van der Waals surface area (Å²) in [6.45, 7) is 6.90. The van der Waals surface area contributed by atoms with E-state index in [9.17, 15) is 5.11 Å². The minimum Gasteiger partial charge on any atom is -0.508 e. The van der Waals surface area contributed by atoms with Gasteiger partial charge in [-0.05, 0) is 42.7 Å². The zero-order chi connectivity index (χ0) is 23.3. The molecule has 1 rings (SSSR count). The molecule has 0 saturated heterocycles. The van der Waals surface area contributed by atoms with Gasteiger partial charge in [0.15, 0.2) is 0 Å². The van der Waals surface area contributed by atoms with Gasteiger partial charge in [-0.25, -0.2) is 0 Å².